The molecule has 0 aliphatic heterocycles. The van der Waals surface area contributed by atoms with Crippen molar-refractivity contribution in [2.45, 2.75) is 19.4 Å². The summed E-state index contributed by atoms with van der Waals surface area (Å²) in [7, 11) is 1.49. The fourth-order valence-electron chi connectivity index (χ4n) is 1.56. The first-order chi connectivity index (χ1) is 9.49. The summed E-state index contributed by atoms with van der Waals surface area (Å²) in [6, 6.07) is 4.79. The number of aliphatic hydroxyl groups excluding tert-OH is 2. The molecule has 3 N–H and O–H groups in total. The van der Waals surface area contributed by atoms with Crippen LogP contribution < -0.4 is 14.8 Å². The van der Waals surface area contributed by atoms with Gasteiger partial charge < -0.3 is 25.0 Å². The number of hydrogen-bond acceptors (Lipinski definition) is 5. The average molecular weight is 283 g/mol. The van der Waals surface area contributed by atoms with Crippen LogP contribution >= 0.6 is 0 Å². The van der Waals surface area contributed by atoms with Gasteiger partial charge in [-0.15, -0.1) is 0 Å². The molecule has 112 valence electrons. The minimum absolute atomic E-state index is 0.358. The first kappa shape index (κ1) is 16.3. The number of benzene rings is 1. The summed E-state index contributed by atoms with van der Waals surface area (Å²) < 4.78 is 10.5. The van der Waals surface area contributed by atoms with Crippen molar-refractivity contribution in [2.75, 3.05) is 26.9 Å². The molecule has 1 amide bonds. The van der Waals surface area contributed by atoms with E-state index in [4.69, 9.17) is 9.47 Å². The third kappa shape index (κ3) is 3.85. The van der Waals surface area contributed by atoms with Gasteiger partial charge in [0.15, 0.2) is 11.5 Å². The van der Waals surface area contributed by atoms with E-state index in [1.165, 1.54) is 7.11 Å². The van der Waals surface area contributed by atoms with Gasteiger partial charge in [-0.3, -0.25) is 4.79 Å². The first-order valence-corrected chi connectivity index (χ1v) is 6.34. The average Bonchev–Trinajstić information content (AvgIpc) is 2.47. The SMILES string of the molecule is CCOc1ccc(C(=O)NC(C)(CO)CO)cc1OC. The van der Waals surface area contributed by atoms with Gasteiger partial charge in [-0.1, -0.05) is 0 Å². The van der Waals surface area contributed by atoms with Crippen LogP contribution in [0.1, 0.15) is 24.2 Å². The maximum atomic E-state index is 12.1. The fourth-order valence-corrected chi connectivity index (χ4v) is 1.56. The van der Waals surface area contributed by atoms with Gasteiger partial charge in [-0.25, -0.2) is 0 Å². The van der Waals surface area contributed by atoms with Crippen molar-refractivity contribution >= 4 is 5.91 Å². The minimum Gasteiger partial charge on any atom is -0.493 e. The van der Waals surface area contributed by atoms with Crippen LogP contribution in [0.5, 0.6) is 11.5 Å². The molecule has 0 radical (unpaired) electrons. The van der Waals surface area contributed by atoms with Crippen molar-refractivity contribution in [3.63, 3.8) is 0 Å². The van der Waals surface area contributed by atoms with Crippen LogP contribution in [0.3, 0.4) is 0 Å². The number of amides is 1. The van der Waals surface area contributed by atoms with Gasteiger partial charge in [0, 0.05) is 5.56 Å². The van der Waals surface area contributed by atoms with Crippen LogP contribution in [-0.4, -0.2) is 48.6 Å². The van der Waals surface area contributed by atoms with Gasteiger partial charge in [0.1, 0.15) is 0 Å². The molecule has 0 saturated heterocycles. The van der Waals surface area contributed by atoms with E-state index >= 15 is 0 Å². The lowest BCUT2D eigenvalue weighted by molar-refractivity contribution is 0.0723. The van der Waals surface area contributed by atoms with E-state index < -0.39 is 11.4 Å². The molecular weight excluding hydrogens is 262 g/mol. The van der Waals surface area contributed by atoms with E-state index in [-0.39, 0.29) is 13.2 Å². The molecule has 1 aromatic rings. The predicted octanol–water partition coefficient (Wildman–Crippen LogP) is 0.567. The summed E-state index contributed by atoms with van der Waals surface area (Å²) in [6.07, 6.45) is 0. The zero-order valence-corrected chi connectivity index (χ0v) is 12.0. The quantitative estimate of drug-likeness (QED) is 0.681. The molecule has 20 heavy (non-hydrogen) atoms. The highest BCUT2D eigenvalue weighted by Crippen LogP contribution is 2.28. The van der Waals surface area contributed by atoms with Crippen molar-refractivity contribution in [1.82, 2.24) is 5.32 Å². The second-order valence-electron chi connectivity index (χ2n) is 4.63. The summed E-state index contributed by atoms with van der Waals surface area (Å²) in [5.74, 6) is 0.602. The van der Waals surface area contributed by atoms with Crippen molar-refractivity contribution in [3.05, 3.63) is 23.8 Å². The zero-order chi connectivity index (χ0) is 15.2. The third-order valence-corrected chi connectivity index (χ3v) is 2.84. The van der Waals surface area contributed by atoms with E-state index in [2.05, 4.69) is 5.32 Å². The van der Waals surface area contributed by atoms with E-state index in [1.807, 2.05) is 6.92 Å². The number of ether oxygens (including phenoxy) is 2. The lowest BCUT2D eigenvalue weighted by atomic mass is 10.0. The molecule has 0 spiro atoms. The van der Waals surface area contributed by atoms with E-state index in [1.54, 1.807) is 25.1 Å². The second-order valence-corrected chi connectivity index (χ2v) is 4.63. The number of nitrogens with one attached hydrogen (secondary N) is 1. The summed E-state index contributed by atoms with van der Waals surface area (Å²) in [4.78, 5) is 12.1. The van der Waals surface area contributed by atoms with Crippen LogP contribution in [0.2, 0.25) is 0 Å². The highest BCUT2D eigenvalue weighted by Gasteiger charge is 2.25. The van der Waals surface area contributed by atoms with Crippen molar-refractivity contribution in [1.29, 1.82) is 0 Å². The third-order valence-electron chi connectivity index (χ3n) is 2.84. The molecule has 6 nitrogen and oxygen atoms in total. The fraction of sp³-hybridized carbons (Fsp3) is 0.500. The molecule has 0 heterocycles. The van der Waals surface area contributed by atoms with Crippen molar-refractivity contribution in [2.24, 2.45) is 0 Å². The smallest absolute Gasteiger partial charge is 0.252 e. The molecule has 0 bridgehead atoms. The van der Waals surface area contributed by atoms with Crippen molar-refractivity contribution < 1.29 is 24.5 Å². The van der Waals surface area contributed by atoms with Crippen LogP contribution in [0, 0.1) is 0 Å². The summed E-state index contributed by atoms with van der Waals surface area (Å²) >= 11 is 0. The normalized spacial score (nSPS) is 11.1. The molecule has 0 saturated carbocycles. The Bertz CT molecular complexity index is 457. The molecule has 1 aromatic carbocycles. The summed E-state index contributed by atoms with van der Waals surface area (Å²) in [5.41, 5.74) is -0.707. The Morgan fingerprint density at radius 1 is 1.30 bits per heavy atom. The molecule has 1 rings (SSSR count). The van der Waals surface area contributed by atoms with Crippen LogP contribution in [0.25, 0.3) is 0 Å². The summed E-state index contributed by atoms with van der Waals surface area (Å²) in [6.45, 7) is 3.19. The number of hydrogen-bond donors (Lipinski definition) is 3. The molecule has 0 unspecified atom stereocenters. The van der Waals surface area contributed by atoms with Gasteiger partial charge >= 0.3 is 0 Å². The van der Waals surface area contributed by atoms with Crippen molar-refractivity contribution in [3.8, 4) is 11.5 Å². The van der Waals surface area contributed by atoms with Gasteiger partial charge in [-0.2, -0.15) is 0 Å². The van der Waals surface area contributed by atoms with Gasteiger partial charge in [0.25, 0.3) is 5.91 Å². The Hall–Kier alpha value is -1.79. The number of aliphatic hydroxyl groups is 2. The highest BCUT2D eigenvalue weighted by molar-refractivity contribution is 5.95. The second kappa shape index (κ2) is 7.12. The van der Waals surface area contributed by atoms with E-state index in [0.29, 0.717) is 23.7 Å². The highest BCUT2D eigenvalue weighted by atomic mass is 16.5. The Morgan fingerprint density at radius 3 is 2.45 bits per heavy atom. The lowest BCUT2D eigenvalue weighted by Crippen LogP contribution is -2.51. The Kier molecular flexibility index (Phi) is 5.79. The minimum atomic E-state index is -1.07. The van der Waals surface area contributed by atoms with Gasteiger partial charge in [-0.05, 0) is 32.0 Å². The molecule has 0 aliphatic rings. The van der Waals surface area contributed by atoms with Gasteiger partial charge in [0.2, 0.25) is 0 Å². The van der Waals surface area contributed by atoms with Gasteiger partial charge in [0.05, 0.1) is 32.5 Å². The largest absolute Gasteiger partial charge is 0.493 e. The summed E-state index contributed by atoms with van der Waals surface area (Å²) in [5, 5.41) is 20.9. The van der Waals surface area contributed by atoms with E-state index in [9.17, 15) is 15.0 Å². The topological polar surface area (TPSA) is 88.0 Å². The van der Waals surface area contributed by atoms with Crippen LogP contribution in [0.4, 0.5) is 0 Å². The maximum absolute atomic E-state index is 12.1. The Balaban J connectivity index is 2.94. The molecular formula is C14H21NO5. The monoisotopic (exact) mass is 283 g/mol. The lowest BCUT2D eigenvalue weighted by Gasteiger charge is -2.26. The Labute approximate surface area is 118 Å². The van der Waals surface area contributed by atoms with E-state index in [0.717, 1.165) is 0 Å². The van der Waals surface area contributed by atoms with Crippen LogP contribution in [-0.2, 0) is 0 Å². The number of rotatable bonds is 7. The standard InChI is InChI=1S/C14H21NO5/c1-4-20-11-6-5-10(7-12(11)19-3)13(18)15-14(2,8-16)9-17/h5-7,16-17H,4,8-9H2,1-3H3,(H,15,18). The molecule has 0 aliphatic carbocycles. The molecule has 0 atom stereocenters. The van der Waals surface area contributed by atoms with Crippen LogP contribution in [0.15, 0.2) is 18.2 Å². The molecule has 0 fully saturated rings. The number of methoxy groups -OCH3 is 1. The molecule has 0 aromatic heterocycles. The number of carbonyl (C=O) groups excluding carboxylic acids is 1. The molecule has 6 heteroatoms. The maximum Gasteiger partial charge on any atom is 0.252 e. The zero-order valence-electron chi connectivity index (χ0n) is 12.0. The number of carbonyl (C=O) groups is 1. The first-order valence-electron chi connectivity index (χ1n) is 6.34. The Morgan fingerprint density at radius 2 is 1.95 bits per heavy atom. The predicted molar refractivity (Wildman–Crippen MR) is 74.2 cm³/mol.